The minimum atomic E-state index is -1.12. The van der Waals surface area contributed by atoms with E-state index in [2.05, 4.69) is 13.2 Å². The van der Waals surface area contributed by atoms with Crippen LogP contribution < -0.4 is 4.90 Å². The van der Waals surface area contributed by atoms with Crippen molar-refractivity contribution in [1.29, 1.82) is 0 Å². The summed E-state index contributed by atoms with van der Waals surface area (Å²) in [5.41, 5.74) is -0.936. The Balaban J connectivity index is 1.80. The van der Waals surface area contributed by atoms with E-state index in [9.17, 15) is 19.5 Å². The number of hydrogen-bond acceptors (Lipinski definition) is 5. The van der Waals surface area contributed by atoms with Gasteiger partial charge in [-0.2, -0.15) is 0 Å². The number of fused-ring (bicyclic) bond motifs is 1. The first-order valence-electron chi connectivity index (χ1n) is 13.6. The van der Waals surface area contributed by atoms with Crippen LogP contribution in [0.1, 0.15) is 47.0 Å². The molecule has 2 unspecified atom stereocenters. The number of para-hydroxylation sites is 1. The van der Waals surface area contributed by atoms with Crippen molar-refractivity contribution in [3.05, 3.63) is 55.6 Å². The molecule has 0 aromatic heterocycles. The zero-order valence-electron chi connectivity index (χ0n) is 23.0. The summed E-state index contributed by atoms with van der Waals surface area (Å²) in [7, 11) is 0. The van der Waals surface area contributed by atoms with Crippen LogP contribution in [0.25, 0.3) is 0 Å². The Kier molecular flexibility index (Phi) is 7.86. The average molecular weight is 524 g/mol. The summed E-state index contributed by atoms with van der Waals surface area (Å²) in [4.78, 5) is 47.7. The monoisotopic (exact) mass is 523 g/mol. The number of amides is 3. The number of nitrogens with zero attached hydrogens (tertiary/aromatic N) is 3. The first-order chi connectivity index (χ1) is 18.1. The van der Waals surface area contributed by atoms with Gasteiger partial charge in [-0.1, -0.05) is 37.3 Å². The molecule has 3 heterocycles. The SMILES string of the molecule is C=CCN(C(=O)[C@@H]1[C@@H]2CCC3(O2)C(C(=O)N(CC=C)C(C)(C)C)N([C@@H](CC)CO)C(=O)[C@H]13)c1ccccc1. The van der Waals surface area contributed by atoms with Crippen molar-refractivity contribution in [1.82, 2.24) is 9.80 Å². The van der Waals surface area contributed by atoms with Crippen molar-refractivity contribution in [3.8, 4) is 0 Å². The maximum absolute atomic E-state index is 14.3. The van der Waals surface area contributed by atoms with E-state index in [1.807, 2.05) is 58.0 Å². The van der Waals surface area contributed by atoms with Gasteiger partial charge in [0.15, 0.2) is 0 Å². The predicted octanol–water partition coefficient (Wildman–Crippen LogP) is 3.16. The number of benzene rings is 1. The second kappa shape index (κ2) is 10.7. The van der Waals surface area contributed by atoms with E-state index in [1.54, 1.807) is 22.0 Å². The first kappa shape index (κ1) is 28.0. The summed E-state index contributed by atoms with van der Waals surface area (Å²) in [5.74, 6) is -2.26. The molecule has 206 valence electrons. The van der Waals surface area contributed by atoms with Crippen molar-refractivity contribution in [2.75, 3.05) is 24.6 Å². The molecule has 8 heteroatoms. The molecule has 2 bridgehead atoms. The Morgan fingerprint density at radius 2 is 1.84 bits per heavy atom. The van der Waals surface area contributed by atoms with Crippen LogP contribution in [-0.4, -0.2) is 81.7 Å². The van der Waals surface area contributed by atoms with Crippen molar-refractivity contribution < 1.29 is 24.2 Å². The minimum Gasteiger partial charge on any atom is -0.394 e. The van der Waals surface area contributed by atoms with Crippen LogP contribution in [0.15, 0.2) is 55.6 Å². The van der Waals surface area contributed by atoms with Crippen LogP contribution in [0, 0.1) is 11.8 Å². The summed E-state index contributed by atoms with van der Waals surface area (Å²) in [6.45, 7) is 15.7. The lowest BCUT2D eigenvalue weighted by Gasteiger charge is -2.43. The predicted molar refractivity (Wildman–Crippen MR) is 146 cm³/mol. The molecule has 4 rings (SSSR count). The Bertz CT molecular complexity index is 1080. The lowest BCUT2D eigenvalue weighted by Crippen LogP contribution is -2.61. The number of likely N-dealkylation sites (tertiary alicyclic amines) is 1. The quantitative estimate of drug-likeness (QED) is 0.476. The highest BCUT2D eigenvalue weighted by Crippen LogP contribution is 2.59. The van der Waals surface area contributed by atoms with Gasteiger partial charge in [-0.15, -0.1) is 13.2 Å². The Morgan fingerprint density at radius 1 is 1.18 bits per heavy atom. The van der Waals surface area contributed by atoms with Crippen LogP contribution in [0.2, 0.25) is 0 Å². The van der Waals surface area contributed by atoms with Gasteiger partial charge in [0.25, 0.3) is 0 Å². The molecule has 3 amide bonds. The number of carbonyl (C=O) groups excluding carboxylic acids is 3. The van der Waals surface area contributed by atoms with Crippen molar-refractivity contribution in [3.63, 3.8) is 0 Å². The highest BCUT2D eigenvalue weighted by molar-refractivity contribution is 6.03. The highest BCUT2D eigenvalue weighted by atomic mass is 16.5. The molecule has 6 atom stereocenters. The van der Waals surface area contributed by atoms with E-state index in [1.165, 1.54) is 4.90 Å². The van der Waals surface area contributed by atoms with Crippen LogP contribution in [0.3, 0.4) is 0 Å². The lowest BCUT2D eigenvalue weighted by atomic mass is 9.70. The summed E-state index contributed by atoms with van der Waals surface area (Å²) in [6, 6.07) is 7.84. The van der Waals surface area contributed by atoms with Gasteiger partial charge in [0, 0.05) is 24.3 Å². The summed E-state index contributed by atoms with van der Waals surface area (Å²) >= 11 is 0. The number of ether oxygens (including phenoxy) is 1. The third-order valence-electron chi connectivity index (χ3n) is 8.37. The van der Waals surface area contributed by atoms with Crippen molar-refractivity contribution >= 4 is 23.4 Å². The van der Waals surface area contributed by atoms with Crippen LogP contribution in [0.4, 0.5) is 5.69 Å². The van der Waals surface area contributed by atoms with Gasteiger partial charge < -0.3 is 24.5 Å². The van der Waals surface area contributed by atoms with Gasteiger partial charge in [0.2, 0.25) is 17.7 Å². The smallest absolute Gasteiger partial charge is 0.249 e. The van der Waals surface area contributed by atoms with E-state index in [0.29, 0.717) is 25.8 Å². The standard InChI is InChI=1S/C30H41N3O5/c1-7-17-31(21-13-11-10-12-14-21)26(35)23-22-15-16-30(38-22)24(23)27(36)33(20(9-3)19-34)25(30)28(37)32(18-8-2)29(4,5)6/h7-8,10-14,20,22-25,34H,1-2,9,15-19H2,3-6H3/t20-,22-,23+,24-,25?,30?/m0/s1. The molecule has 8 nitrogen and oxygen atoms in total. The van der Waals surface area contributed by atoms with Gasteiger partial charge in [-0.05, 0) is 52.2 Å². The molecule has 1 spiro atoms. The second-order valence-electron chi connectivity index (χ2n) is 11.5. The van der Waals surface area contributed by atoms with E-state index in [0.717, 1.165) is 5.69 Å². The summed E-state index contributed by atoms with van der Waals surface area (Å²) in [5, 5.41) is 10.3. The maximum Gasteiger partial charge on any atom is 0.249 e. The van der Waals surface area contributed by atoms with Gasteiger partial charge in [0.05, 0.1) is 30.6 Å². The van der Waals surface area contributed by atoms with E-state index >= 15 is 0 Å². The number of carbonyl (C=O) groups is 3. The average Bonchev–Trinajstić information content (AvgIpc) is 3.53. The van der Waals surface area contributed by atoms with Gasteiger partial charge in [0.1, 0.15) is 11.6 Å². The fraction of sp³-hybridized carbons (Fsp3) is 0.567. The largest absolute Gasteiger partial charge is 0.394 e. The zero-order chi connectivity index (χ0) is 27.8. The third-order valence-corrected chi connectivity index (χ3v) is 8.37. The first-order valence-corrected chi connectivity index (χ1v) is 13.6. The molecule has 1 N–H and O–H groups in total. The van der Waals surface area contributed by atoms with Crippen molar-refractivity contribution in [2.45, 2.75) is 76.3 Å². The normalized spacial score (nSPS) is 28.7. The number of rotatable bonds is 10. The number of aliphatic hydroxyl groups excluding tert-OH is 1. The number of anilines is 1. The molecule has 3 aliphatic heterocycles. The number of hydrogen-bond donors (Lipinski definition) is 1. The van der Waals surface area contributed by atoms with Gasteiger partial charge >= 0.3 is 0 Å². The Hall–Kier alpha value is -2.97. The fourth-order valence-electron chi connectivity index (χ4n) is 6.67. The van der Waals surface area contributed by atoms with Crippen LogP contribution >= 0.6 is 0 Å². The highest BCUT2D eigenvalue weighted by Gasteiger charge is 2.75. The molecule has 0 radical (unpaired) electrons. The Morgan fingerprint density at radius 3 is 2.39 bits per heavy atom. The van der Waals surface area contributed by atoms with Gasteiger partial charge in [-0.25, -0.2) is 0 Å². The molecule has 38 heavy (non-hydrogen) atoms. The number of aliphatic hydroxyl groups is 1. The van der Waals surface area contributed by atoms with E-state index in [4.69, 9.17) is 4.74 Å². The zero-order valence-corrected chi connectivity index (χ0v) is 23.0. The van der Waals surface area contributed by atoms with Crippen LogP contribution in [0.5, 0.6) is 0 Å². The molecule has 3 fully saturated rings. The third kappa shape index (κ3) is 4.37. The van der Waals surface area contributed by atoms with Crippen LogP contribution in [-0.2, 0) is 19.1 Å². The van der Waals surface area contributed by atoms with Crippen molar-refractivity contribution in [2.24, 2.45) is 11.8 Å². The topological polar surface area (TPSA) is 90.4 Å². The second-order valence-corrected chi connectivity index (χ2v) is 11.5. The van der Waals surface area contributed by atoms with E-state index in [-0.39, 0.29) is 30.9 Å². The molecule has 1 aromatic rings. The van der Waals surface area contributed by atoms with E-state index < -0.39 is 41.2 Å². The molecule has 0 aliphatic carbocycles. The maximum atomic E-state index is 14.3. The summed E-state index contributed by atoms with van der Waals surface area (Å²) in [6.07, 6.45) is 4.45. The molecule has 0 saturated carbocycles. The molecule has 3 saturated heterocycles. The minimum absolute atomic E-state index is 0.204. The molecular weight excluding hydrogens is 482 g/mol. The molecular formula is C30H41N3O5. The molecule has 1 aromatic carbocycles. The lowest BCUT2D eigenvalue weighted by molar-refractivity contribution is -0.154. The molecule has 3 aliphatic rings. The Labute approximate surface area is 225 Å². The van der Waals surface area contributed by atoms with Gasteiger partial charge in [-0.3, -0.25) is 14.4 Å². The fourth-order valence-corrected chi connectivity index (χ4v) is 6.67. The summed E-state index contributed by atoms with van der Waals surface area (Å²) < 4.78 is 6.61.